The maximum atomic E-state index is 11.9. The number of benzene rings is 1. The van der Waals surface area contributed by atoms with Crippen molar-refractivity contribution in [3.63, 3.8) is 0 Å². The molecule has 1 aliphatic rings. The summed E-state index contributed by atoms with van der Waals surface area (Å²) in [5, 5.41) is 6.28. The van der Waals surface area contributed by atoms with E-state index in [0.29, 0.717) is 23.3 Å². The summed E-state index contributed by atoms with van der Waals surface area (Å²) in [4.78, 5) is 22.2. The molecule has 0 bridgehead atoms. The Kier molecular flexibility index (Phi) is 3.62. The summed E-state index contributed by atoms with van der Waals surface area (Å²) < 4.78 is 0. The predicted molar refractivity (Wildman–Crippen MR) is 83.3 cm³/mol. The Labute approximate surface area is 127 Å². The fourth-order valence-electron chi connectivity index (χ4n) is 2.21. The van der Waals surface area contributed by atoms with Crippen LogP contribution in [0.25, 0.3) is 0 Å². The molecule has 0 atom stereocenters. The second kappa shape index (κ2) is 5.57. The van der Waals surface area contributed by atoms with Crippen LogP contribution in [0.1, 0.15) is 6.92 Å². The van der Waals surface area contributed by atoms with Crippen LogP contribution in [0.15, 0.2) is 30.5 Å². The van der Waals surface area contributed by atoms with Crippen LogP contribution in [0, 0.1) is 0 Å². The second-order valence-electron chi connectivity index (χ2n) is 4.55. The van der Waals surface area contributed by atoms with E-state index >= 15 is 0 Å². The zero-order valence-corrected chi connectivity index (χ0v) is 12.2. The van der Waals surface area contributed by atoms with Gasteiger partial charge in [-0.25, -0.2) is 4.98 Å². The van der Waals surface area contributed by atoms with E-state index in [-0.39, 0.29) is 12.5 Å². The third-order valence-corrected chi connectivity index (χ3v) is 3.35. The number of rotatable bonds is 3. The average Bonchev–Trinajstić information content (AvgIpc) is 2.48. The number of fused-ring (bicyclic) bond motifs is 1. The van der Waals surface area contributed by atoms with Crippen LogP contribution < -0.4 is 15.5 Å². The molecule has 2 N–H and O–H groups in total. The lowest BCUT2D eigenvalue weighted by Gasteiger charge is -2.30. The number of hydrogen-bond acceptors (Lipinski definition) is 5. The summed E-state index contributed by atoms with van der Waals surface area (Å²) in [5.41, 5.74) is 1.61. The first kappa shape index (κ1) is 13.6. The lowest BCUT2D eigenvalue weighted by atomic mass is 10.2. The Hall–Kier alpha value is -2.34. The zero-order valence-electron chi connectivity index (χ0n) is 11.4. The minimum absolute atomic E-state index is 0.103. The number of para-hydroxylation sites is 2. The van der Waals surface area contributed by atoms with Crippen molar-refractivity contribution < 1.29 is 4.79 Å². The van der Waals surface area contributed by atoms with Gasteiger partial charge in [-0.05, 0) is 19.1 Å². The third-order valence-electron chi connectivity index (χ3n) is 3.09. The van der Waals surface area contributed by atoms with Gasteiger partial charge in [0.1, 0.15) is 11.6 Å². The predicted octanol–water partition coefficient (Wildman–Crippen LogP) is 2.65. The molecule has 7 heteroatoms. The van der Waals surface area contributed by atoms with Crippen LogP contribution in [0.4, 0.5) is 23.1 Å². The highest BCUT2D eigenvalue weighted by Crippen LogP contribution is 2.36. The fraction of sp³-hybridized carbons (Fsp3) is 0.214. The molecule has 3 rings (SSSR count). The molecule has 21 heavy (non-hydrogen) atoms. The lowest BCUT2D eigenvalue weighted by molar-refractivity contribution is -0.115. The van der Waals surface area contributed by atoms with Crippen molar-refractivity contribution in [3.8, 4) is 0 Å². The molecule has 0 unspecified atom stereocenters. The van der Waals surface area contributed by atoms with E-state index < -0.39 is 0 Å². The smallest absolute Gasteiger partial charge is 0.244 e. The Bertz CT molecular complexity index is 691. The molecule has 0 aliphatic carbocycles. The minimum atomic E-state index is -0.103. The summed E-state index contributed by atoms with van der Waals surface area (Å²) in [7, 11) is 0. The second-order valence-corrected chi connectivity index (χ2v) is 4.95. The van der Waals surface area contributed by atoms with E-state index in [4.69, 9.17) is 11.6 Å². The van der Waals surface area contributed by atoms with Crippen LogP contribution in [-0.2, 0) is 4.79 Å². The Morgan fingerprint density at radius 1 is 1.43 bits per heavy atom. The van der Waals surface area contributed by atoms with Crippen molar-refractivity contribution in [2.75, 3.05) is 28.6 Å². The van der Waals surface area contributed by atoms with E-state index in [9.17, 15) is 4.79 Å². The van der Waals surface area contributed by atoms with Crippen molar-refractivity contribution >= 4 is 40.6 Å². The van der Waals surface area contributed by atoms with E-state index in [0.717, 1.165) is 11.4 Å². The van der Waals surface area contributed by atoms with Crippen molar-refractivity contribution in [2.45, 2.75) is 6.92 Å². The van der Waals surface area contributed by atoms with Crippen molar-refractivity contribution in [3.05, 3.63) is 35.5 Å². The molecule has 6 nitrogen and oxygen atoms in total. The van der Waals surface area contributed by atoms with Gasteiger partial charge in [-0.1, -0.05) is 23.7 Å². The maximum absolute atomic E-state index is 11.9. The number of carbonyl (C=O) groups is 1. The van der Waals surface area contributed by atoms with Gasteiger partial charge in [0.2, 0.25) is 11.9 Å². The van der Waals surface area contributed by atoms with Gasteiger partial charge in [0.05, 0.1) is 17.6 Å². The standard InChI is InChI=1S/C14H14ClN5O/c1-2-16-14-17-7-9(15)13(19-14)20-8-12(21)18-10-5-3-4-6-11(10)20/h3-7H,2,8H2,1H3,(H,18,21)(H,16,17,19). The summed E-state index contributed by atoms with van der Waals surface area (Å²) >= 11 is 6.22. The number of amides is 1. The molecule has 108 valence electrons. The Morgan fingerprint density at radius 2 is 2.24 bits per heavy atom. The van der Waals surface area contributed by atoms with Crippen molar-refractivity contribution in [1.82, 2.24) is 9.97 Å². The minimum Gasteiger partial charge on any atom is -0.354 e. The average molecular weight is 304 g/mol. The number of nitrogens with one attached hydrogen (secondary N) is 2. The first-order valence-electron chi connectivity index (χ1n) is 6.62. The van der Waals surface area contributed by atoms with Gasteiger partial charge in [0.15, 0.2) is 5.82 Å². The molecule has 2 heterocycles. The summed E-state index contributed by atoms with van der Waals surface area (Å²) in [5.74, 6) is 0.902. The van der Waals surface area contributed by atoms with E-state index in [1.165, 1.54) is 6.20 Å². The molecular weight excluding hydrogens is 290 g/mol. The Balaban J connectivity index is 2.08. The molecule has 0 spiro atoms. The molecule has 2 aromatic rings. The van der Waals surface area contributed by atoms with Gasteiger partial charge in [-0.15, -0.1) is 0 Å². The van der Waals surface area contributed by atoms with Gasteiger partial charge in [0.25, 0.3) is 0 Å². The lowest BCUT2D eigenvalue weighted by Crippen LogP contribution is -2.35. The molecule has 0 fully saturated rings. The monoisotopic (exact) mass is 303 g/mol. The molecular formula is C14H14ClN5O. The molecule has 1 aromatic heterocycles. The normalized spacial score (nSPS) is 13.6. The van der Waals surface area contributed by atoms with Crippen LogP contribution in [0.3, 0.4) is 0 Å². The molecule has 1 aromatic carbocycles. The van der Waals surface area contributed by atoms with E-state index in [2.05, 4.69) is 20.6 Å². The number of anilines is 4. The van der Waals surface area contributed by atoms with Gasteiger partial charge in [0, 0.05) is 6.54 Å². The molecule has 1 amide bonds. The number of halogens is 1. The summed E-state index contributed by atoms with van der Waals surface area (Å²) in [6.07, 6.45) is 1.54. The summed E-state index contributed by atoms with van der Waals surface area (Å²) in [6.45, 7) is 2.83. The van der Waals surface area contributed by atoms with Crippen molar-refractivity contribution in [1.29, 1.82) is 0 Å². The Morgan fingerprint density at radius 3 is 3.05 bits per heavy atom. The molecule has 1 aliphatic heterocycles. The SMILES string of the molecule is CCNc1ncc(Cl)c(N2CC(=O)Nc3ccccc32)n1. The van der Waals surface area contributed by atoms with Crippen LogP contribution in [0.2, 0.25) is 5.02 Å². The highest BCUT2D eigenvalue weighted by Gasteiger charge is 2.25. The largest absolute Gasteiger partial charge is 0.354 e. The fourth-order valence-corrected chi connectivity index (χ4v) is 2.41. The quantitative estimate of drug-likeness (QED) is 0.912. The third kappa shape index (κ3) is 2.62. The zero-order chi connectivity index (χ0) is 14.8. The first-order valence-corrected chi connectivity index (χ1v) is 6.99. The van der Waals surface area contributed by atoms with Crippen LogP contribution in [-0.4, -0.2) is 29.0 Å². The van der Waals surface area contributed by atoms with Crippen molar-refractivity contribution in [2.24, 2.45) is 0 Å². The highest BCUT2D eigenvalue weighted by molar-refractivity contribution is 6.33. The van der Waals surface area contributed by atoms with Gasteiger partial charge < -0.3 is 15.5 Å². The molecule has 0 radical (unpaired) electrons. The van der Waals surface area contributed by atoms with Crippen LogP contribution in [0.5, 0.6) is 0 Å². The number of carbonyl (C=O) groups excluding carboxylic acids is 1. The summed E-state index contributed by atoms with van der Waals surface area (Å²) in [6, 6.07) is 7.54. The number of hydrogen-bond donors (Lipinski definition) is 2. The number of aromatic nitrogens is 2. The highest BCUT2D eigenvalue weighted by atomic mass is 35.5. The van der Waals surface area contributed by atoms with Crippen LogP contribution >= 0.6 is 11.6 Å². The molecule has 0 saturated heterocycles. The molecule has 0 saturated carbocycles. The van der Waals surface area contributed by atoms with Gasteiger partial charge >= 0.3 is 0 Å². The maximum Gasteiger partial charge on any atom is 0.244 e. The topological polar surface area (TPSA) is 70.2 Å². The first-order chi connectivity index (χ1) is 10.2. The van der Waals surface area contributed by atoms with E-state index in [1.807, 2.05) is 31.2 Å². The van der Waals surface area contributed by atoms with Gasteiger partial charge in [-0.2, -0.15) is 4.98 Å². The van der Waals surface area contributed by atoms with Gasteiger partial charge in [-0.3, -0.25) is 4.79 Å². The number of nitrogens with zero attached hydrogens (tertiary/aromatic N) is 3. The van der Waals surface area contributed by atoms with E-state index in [1.54, 1.807) is 4.90 Å².